The number of aromatic nitrogens is 1. The van der Waals surface area contributed by atoms with Gasteiger partial charge in [-0.05, 0) is 36.5 Å². The maximum absolute atomic E-state index is 13.0. The van der Waals surface area contributed by atoms with Crippen molar-refractivity contribution in [2.45, 2.75) is 44.7 Å². The van der Waals surface area contributed by atoms with Crippen LogP contribution in [0, 0.1) is 5.92 Å². The molecule has 4 amide bonds. The summed E-state index contributed by atoms with van der Waals surface area (Å²) in [6.07, 6.45) is 7.16. The number of imide groups is 1. The number of carbonyl (C=O) groups is 3. The lowest BCUT2D eigenvalue weighted by atomic mass is 9.73. The highest BCUT2D eigenvalue weighted by molar-refractivity contribution is 6.09. The molecule has 1 aromatic heterocycles. The fraction of sp³-hybridized carbons (Fsp3) is 0.619. The Kier molecular flexibility index (Phi) is 5.54. The molecule has 1 saturated carbocycles. The highest BCUT2D eigenvalue weighted by Crippen LogP contribution is 2.38. The molecule has 1 spiro atoms. The van der Waals surface area contributed by atoms with Gasteiger partial charge in [-0.2, -0.15) is 0 Å². The largest absolute Gasteiger partial charge is 0.339 e. The predicted octanol–water partition coefficient (Wildman–Crippen LogP) is 1.23. The van der Waals surface area contributed by atoms with E-state index >= 15 is 0 Å². The Morgan fingerprint density at radius 2 is 1.90 bits per heavy atom. The molecule has 3 heterocycles. The van der Waals surface area contributed by atoms with Gasteiger partial charge in [0.1, 0.15) is 12.1 Å². The smallest absolute Gasteiger partial charge is 0.325 e. The van der Waals surface area contributed by atoms with Crippen LogP contribution in [0.3, 0.4) is 0 Å². The average molecular weight is 399 g/mol. The van der Waals surface area contributed by atoms with E-state index in [4.69, 9.17) is 0 Å². The van der Waals surface area contributed by atoms with Gasteiger partial charge in [0.2, 0.25) is 5.91 Å². The second-order valence-corrected chi connectivity index (χ2v) is 8.45. The molecule has 8 heteroatoms. The SMILES string of the molecule is C[C@H]1CCCC[C@]12NC(=O)N(CC(=O)N1CCN(Cc3ccncc3)CC1)C2=O. The molecule has 1 N–H and O–H groups in total. The first-order valence-electron chi connectivity index (χ1n) is 10.5. The first kappa shape index (κ1) is 19.8. The minimum Gasteiger partial charge on any atom is -0.339 e. The van der Waals surface area contributed by atoms with E-state index in [1.165, 1.54) is 5.56 Å². The lowest BCUT2D eigenvalue weighted by molar-refractivity contribution is -0.141. The fourth-order valence-electron chi connectivity index (χ4n) is 4.78. The van der Waals surface area contributed by atoms with Crippen LogP contribution in [0.5, 0.6) is 0 Å². The highest BCUT2D eigenvalue weighted by Gasteiger charge is 2.55. The molecule has 0 radical (unpaired) electrons. The number of hydrogen-bond acceptors (Lipinski definition) is 5. The summed E-state index contributed by atoms with van der Waals surface area (Å²) in [6.45, 7) is 5.45. The van der Waals surface area contributed by atoms with Crippen molar-refractivity contribution in [1.29, 1.82) is 0 Å². The molecule has 8 nitrogen and oxygen atoms in total. The van der Waals surface area contributed by atoms with Gasteiger partial charge in [-0.15, -0.1) is 0 Å². The molecule has 3 aliphatic rings. The quantitative estimate of drug-likeness (QED) is 0.770. The van der Waals surface area contributed by atoms with Crippen molar-refractivity contribution in [3.63, 3.8) is 0 Å². The van der Waals surface area contributed by atoms with Gasteiger partial charge in [0.25, 0.3) is 5.91 Å². The second-order valence-electron chi connectivity index (χ2n) is 8.45. The van der Waals surface area contributed by atoms with E-state index in [2.05, 4.69) is 15.2 Å². The third-order valence-electron chi connectivity index (χ3n) is 6.68. The summed E-state index contributed by atoms with van der Waals surface area (Å²) in [7, 11) is 0. The molecule has 1 aromatic rings. The number of piperazine rings is 1. The predicted molar refractivity (Wildman–Crippen MR) is 107 cm³/mol. The fourth-order valence-corrected chi connectivity index (χ4v) is 4.78. The van der Waals surface area contributed by atoms with Crippen molar-refractivity contribution in [3.05, 3.63) is 30.1 Å². The molecule has 2 atom stereocenters. The van der Waals surface area contributed by atoms with Gasteiger partial charge in [0.05, 0.1) is 0 Å². The summed E-state index contributed by atoms with van der Waals surface area (Å²) in [6, 6.07) is 3.57. The Bertz CT molecular complexity index is 778. The number of nitrogens with one attached hydrogen (secondary N) is 1. The number of amides is 4. The Labute approximate surface area is 171 Å². The van der Waals surface area contributed by atoms with Crippen LogP contribution in [0.2, 0.25) is 0 Å². The van der Waals surface area contributed by atoms with E-state index in [-0.39, 0.29) is 24.3 Å². The maximum atomic E-state index is 13.0. The van der Waals surface area contributed by atoms with Gasteiger partial charge < -0.3 is 10.2 Å². The summed E-state index contributed by atoms with van der Waals surface area (Å²) >= 11 is 0. The standard InChI is InChI=1S/C21H29N5O3/c1-16-4-2-3-7-21(16)19(28)26(20(29)23-21)15-18(27)25-12-10-24(11-13-25)14-17-5-8-22-9-6-17/h5-6,8-9,16H,2-4,7,10-15H2,1H3,(H,23,29)/t16-,21-/m0/s1. The van der Waals surface area contributed by atoms with Gasteiger partial charge in [-0.25, -0.2) is 4.79 Å². The van der Waals surface area contributed by atoms with Crippen LogP contribution in [-0.2, 0) is 16.1 Å². The zero-order valence-electron chi connectivity index (χ0n) is 17.0. The molecular weight excluding hydrogens is 370 g/mol. The van der Waals surface area contributed by atoms with E-state index in [9.17, 15) is 14.4 Å². The van der Waals surface area contributed by atoms with Crippen molar-refractivity contribution in [2.75, 3.05) is 32.7 Å². The molecule has 2 aliphatic heterocycles. The number of hydrogen-bond donors (Lipinski definition) is 1. The van der Waals surface area contributed by atoms with E-state index in [0.717, 1.165) is 43.8 Å². The molecule has 1 aliphatic carbocycles. The molecule has 0 unspecified atom stereocenters. The van der Waals surface area contributed by atoms with Gasteiger partial charge in [-0.1, -0.05) is 19.8 Å². The number of urea groups is 1. The maximum Gasteiger partial charge on any atom is 0.325 e. The van der Waals surface area contributed by atoms with Crippen LogP contribution in [-0.4, -0.2) is 75.8 Å². The molecule has 0 bridgehead atoms. The second kappa shape index (κ2) is 8.10. The summed E-state index contributed by atoms with van der Waals surface area (Å²) in [5.41, 5.74) is 0.393. The molecule has 4 rings (SSSR count). The van der Waals surface area contributed by atoms with Crippen molar-refractivity contribution < 1.29 is 14.4 Å². The van der Waals surface area contributed by atoms with E-state index < -0.39 is 11.6 Å². The Morgan fingerprint density at radius 1 is 1.17 bits per heavy atom. The van der Waals surface area contributed by atoms with Gasteiger partial charge in [-0.3, -0.25) is 24.4 Å². The normalized spacial score (nSPS) is 28.1. The highest BCUT2D eigenvalue weighted by atomic mass is 16.2. The number of pyridine rings is 1. The number of nitrogens with zero attached hydrogens (tertiary/aromatic N) is 4. The zero-order valence-corrected chi connectivity index (χ0v) is 17.0. The Balaban J connectivity index is 1.32. The minimum absolute atomic E-state index is 0.101. The number of carbonyl (C=O) groups excluding carboxylic acids is 3. The summed E-state index contributed by atoms with van der Waals surface area (Å²) < 4.78 is 0. The first-order valence-corrected chi connectivity index (χ1v) is 10.5. The summed E-state index contributed by atoms with van der Waals surface area (Å²) in [5.74, 6) is -0.276. The molecule has 2 saturated heterocycles. The lowest BCUT2D eigenvalue weighted by Crippen LogP contribution is -2.54. The minimum atomic E-state index is -0.807. The zero-order chi connectivity index (χ0) is 20.4. The van der Waals surface area contributed by atoms with Crippen LogP contribution in [0.15, 0.2) is 24.5 Å². The van der Waals surface area contributed by atoms with Gasteiger partial charge in [0.15, 0.2) is 0 Å². The van der Waals surface area contributed by atoms with Gasteiger partial charge >= 0.3 is 6.03 Å². The number of rotatable bonds is 4. The topological polar surface area (TPSA) is 85.8 Å². The van der Waals surface area contributed by atoms with Crippen LogP contribution < -0.4 is 5.32 Å². The van der Waals surface area contributed by atoms with Gasteiger partial charge in [0, 0.05) is 45.1 Å². The first-order chi connectivity index (χ1) is 14.0. The summed E-state index contributed by atoms with van der Waals surface area (Å²) in [4.78, 5) is 47.5. The third kappa shape index (κ3) is 3.85. The summed E-state index contributed by atoms with van der Waals surface area (Å²) in [5, 5.41) is 2.91. The van der Waals surface area contributed by atoms with Crippen LogP contribution in [0.25, 0.3) is 0 Å². The molecule has 156 valence electrons. The van der Waals surface area contributed by atoms with E-state index in [1.54, 1.807) is 17.3 Å². The molecular formula is C21H29N5O3. The Hall–Kier alpha value is -2.48. The van der Waals surface area contributed by atoms with Crippen molar-refractivity contribution in [3.8, 4) is 0 Å². The lowest BCUT2D eigenvalue weighted by Gasteiger charge is -2.37. The van der Waals surface area contributed by atoms with Crippen LogP contribution in [0.1, 0.15) is 38.2 Å². The van der Waals surface area contributed by atoms with E-state index in [1.807, 2.05) is 19.1 Å². The van der Waals surface area contributed by atoms with E-state index in [0.29, 0.717) is 19.5 Å². The average Bonchev–Trinajstić information content (AvgIpc) is 2.96. The van der Waals surface area contributed by atoms with Crippen molar-refractivity contribution in [1.82, 2.24) is 25.0 Å². The Morgan fingerprint density at radius 3 is 2.59 bits per heavy atom. The molecule has 29 heavy (non-hydrogen) atoms. The molecule has 0 aromatic carbocycles. The monoisotopic (exact) mass is 399 g/mol. The molecule has 3 fully saturated rings. The van der Waals surface area contributed by atoms with Crippen LogP contribution in [0.4, 0.5) is 4.79 Å². The third-order valence-corrected chi connectivity index (χ3v) is 6.68. The van der Waals surface area contributed by atoms with Crippen molar-refractivity contribution >= 4 is 17.8 Å². The van der Waals surface area contributed by atoms with Crippen molar-refractivity contribution in [2.24, 2.45) is 5.92 Å². The van der Waals surface area contributed by atoms with Crippen LogP contribution >= 0.6 is 0 Å².